The lowest BCUT2D eigenvalue weighted by Crippen LogP contribution is -2.28. The van der Waals surface area contributed by atoms with E-state index in [9.17, 15) is 9.59 Å². The number of nitrogens with zero attached hydrogens (tertiary/aromatic N) is 1. The fourth-order valence-electron chi connectivity index (χ4n) is 2.54. The van der Waals surface area contributed by atoms with Crippen molar-refractivity contribution in [2.45, 2.75) is 12.8 Å². The molecule has 4 nitrogen and oxygen atoms in total. The minimum Gasteiger partial charge on any atom is -0.453 e. The molecule has 1 aliphatic rings. The van der Waals surface area contributed by atoms with Gasteiger partial charge in [-0.05, 0) is 31.0 Å². The number of furan rings is 1. The van der Waals surface area contributed by atoms with Crippen LogP contribution in [0.15, 0.2) is 40.8 Å². The van der Waals surface area contributed by atoms with E-state index in [1.807, 2.05) is 23.1 Å². The number of likely N-dealkylation sites (tertiary alicyclic amines) is 1. The van der Waals surface area contributed by atoms with E-state index in [2.05, 4.69) is 0 Å². The predicted molar refractivity (Wildman–Crippen MR) is 74.7 cm³/mol. The SMILES string of the molecule is O=Cc1ccc(-c2ccccc2C(=O)N2CCCC2)o1. The average molecular weight is 269 g/mol. The Balaban J connectivity index is 1.99. The lowest BCUT2D eigenvalue weighted by atomic mass is 10.0. The Morgan fingerprint density at radius 3 is 2.55 bits per heavy atom. The molecular weight excluding hydrogens is 254 g/mol. The van der Waals surface area contributed by atoms with Crippen LogP contribution in [0.25, 0.3) is 11.3 Å². The maximum atomic E-state index is 12.5. The van der Waals surface area contributed by atoms with Gasteiger partial charge in [0.25, 0.3) is 5.91 Å². The van der Waals surface area contributed by atoms with Crippen molar-refractivity contribution >= 4 is 12.2 Å². The summed E-state index contributed by atoms with van der Waals surface area (Å²) in [6.07, 6.45) is 2.78. The summed E-state index contributed by atoms with van der Waals surface area (Å²) in [7, 11) is 0. The minimum absolute atomic E-state index is 0.0298. The zero-order valence-electron chi connectivity index (χ0n) is 11.0. The fraction of sp³-hybridized carbons (Fsp3) is 0.250. The number of carbonyl (C=O) groups excluding carboxylic acids is 2. The number of hydrogen-bond donors (Lipinski definition) is 0. The van der Waals surface area contributed by atoms with Gasteiger partial charge in [-0.1, -0.05) is 18.2 Å². The van der Waals surface area contributed by atoms with Gasteiger partial charge < -0.3 is 9.32 Å². The van der Waals surface area contributed by atoms with Crippen molar-refractivity contribution in [1.29, 1.82) is 0 Å². The highest BCUT2D eigenvalue weighted by molar-refractivity contribution is 6.00. The molecule has 1 aromatic carbocycles. The Hall–Kier alpha value is -2.36. The fourth-order valence-corrected chi connectivity index (χ4v) is 2.54. The molecule has 0 spiro atoms. The first-order chi connectivity index (χ1) is 9.79. The summed E-state index contributed by atoms with van der Waals surface area (Å²) in [5.74, 6) is 0.848. The molecule has 20 heavy (non-hydrogen) atoms. The van der Waals surface area contributed by atoms with Crippen molar-refractivity contribution in [2.75, 3.05) is 13.1 Å². The molecule has 102 valence electrons. The van der Waals surface area contributed by atoms with Crippen LogP contribution in [-0.4, -0.2) is 30.2 Å². The molecule has 2 heterocycles. The van der Waals surface area contributed by atoms with Gasteiger partial charge in [-0.15, -0.1) is 0 Å². The van der Waals surface area contributed by atoms with Crippen molar-refractivity contribution in [3.8, 4) is 11.3 Å². The quantitative estimate of drug-likeness (QED) is 0.805. The first-order valence-corrected chi connectivity index (χ1v) is 6.73. The smallest absolute Gasteiger partial charge is 0.254 e. The molecule has 2 aromatic rings. The molecule has 0 unspecified atom stereocenters. The average Bonchev–Trinajstić information content (AvgIpc) is 3.17. The summed E-state index contributed by atoms with van der Waals surface area (Å²) in [5.41, 5.74) is 1.36. The predicted octanol–water partition coefficient (Wildman–Crippen LogP) is 3.00. The second kappa shape index (κ2) is 5.33. The molecular formula is C16H15NO3. The molecule has 0 atom stereocenters. The second-order valence-corrected chi connectivity index (χ2v) is 4.86. The van der Waals surface area contributed by atoms with Gasteiger partial charge in [-0.2, -0.15) is 0 Å². The van der Waals surface area contributed by atoms with E-state index in [1.165, 1.54) is 0 Å². The lowest BCUT2D eigenvalue weighted by molar-refractivity contribution is 0.0793. The lowest BCUT2D eigenvalue weighted by Gasteiger charge is -2.16. The van der Waals surface area contributed by atoms with E-state index in [-0.39, 0.29) is 11.7 Å². The van der Waals surface area contributed by atoms with Gasteiger partial charge >= 0.3 is 0 Å². The molecule has 1 fully saturated rings. The largest absolute Gasteiger partial charge is 0.453 e. The van der Waals surface area contributed by atoms with Gasteiger partial charge in [-0.3, -0.25) is 9.59 Å². The van der Waals surface area contributed by atoms with Gasteiger partial charge in [-0.25, -0.2) is 0 Å². The van der Waals surface area contributed by atoms with E-state index in [1.54, 1.807) is 18.2 Å². The monoisotopic (exact) mass is 269 g/mol. The molecule has 1 amide bonds. The summed E-state index contributed by atoms with van der Waals surface area (Å²) >= 11 is 0. The maximum absolute atomic E-state index is 12.5. The third-order valence-corrected chi connectivity index (χ3v) is 3.56. The third kappa shape index (κ3) is 2.25. The Labute approximate surface area is 117 Å². The Kier molecular flexibility index (Phi) is 3.37. The van der Waals surface area contributed by atoms with E-state index < -0.39 is 0 Å². The summed E-state index contributed by atoms with van der Waals surface area (Å²) in [4.78, 5) is 25.1. The zero-order valence-corrected chi connectivity index (χ0v) is 11.0. The van der Waals surface area contributed by atoms with Crippen LogP contribution in [0.2, 0.25) is 0 Å². The highest BCUT2D eigenvalue weighted by atomic mass is 16.3. The maximum Gasteiger partial charge on any atom is 0.254 e. The second-order valence-electron chi connectivity index (χ2n) is 4.86. The van der Waals surface area contributed by atoms with Crippen LogP contribution in [-0.2, 0) is 0 Å². The molecule has 4 heteroatoms. The van der Waals surface area contributed by atoms with Gasteiger partial charge in [0.1, 0.15) is 5.76 Å². The Morgan fingerprint density at radius 1 is 1.10 bits per heavy atom. The Morgan fingerprint density at radius 2 is 1.85 bits per heavy atom. The molecule has 0 radical (unpaired) electrons. The molecule has 0 aliphatic carbocycles. The molecule has 0 bridgehead atoms. The number of rotatable bonds is 3. The van der Waals surface area contributed by atoms with Gasteiger partial charge in [0, 0.05) is 18.7 Å². The van der Waals surface area contributed by atoms with Crippen LogP contribution in [0.5, 0.6) is 0 Å². The van der Waals surface area contributed by atoms with Crippen LogP contribution in [0.4, 0.5) is 0 Å². The number of benzene rings is 1. The summed E-state index contributed by atoms with van der Waals surface area (Å²) in [5, 5.41) is 0. The molecule has 1 saturated heterocycles. The molecule has 0 N–H and O–H groups in total. The summed E-state index contributed by atoms with van der Waals surface area (Å²) in [6.45, 7) is 1.62. The number of carbonyl (C=O) groups is 2. The highest BCUT2D eigenvalue weighted by Gasteiger charge is 2.22. The zero-order chi connectivity index (χ0) is 13.9. The third-order valence-electron chi connectivity index (χ3n) is 3.56. The van der Waals surface area contributed by atoms with Gasteiger partial charge in [0.15, 0.2) is 12.0 Å². The topological polar surface area (TPSA) is 50.5 Å². The normalized spacial score (nSPS) is 14.5. The van der Waals surface area contributed by atoms with Crippen molar-refractivity contribution in [2.24, 2.45) is 0 Å². The Bertz CT molecular complexity index is 639. The summed E-state index contributed by atoms with van der Waals surface area (Å²) < 4.78 is 5.43. The number of aldehydes is 1. The number of amides is 1. The first-order valence-electron chi connectivity index (χ1n) is 6.73. The van der Waals surface area contributed by atoms with E-state index in [0.717, 1.165) is 31.5 Å². The standard InChI is InChI=1S/C16H15NO3/c18-11-12-7-8-15(20-12)13-5-1-2-6-14(13)16(19)17-9-3-4-10-17/h1-2,5-8,11H,3-4,9-10H2. The van der Waals surface area contributed by atoms with E-state index in [4.69, 9.17) is 4.42 Å². The van der Waals surface area contributed by atoms with Gasteiger partial charge in [0.2, 0.25) is 0 Å². The van der Waals surface area contributed by atoms with Crippen LogP contribution in [0.1, 0.15) is 33.8 Å². The first kappa shape index (κ1) is 12.7. The van der Waals surface area contributed by atoms with Gasteiger partial charge in [0.05, 0.1) is 5.56 Å². The van der Waals surface area contributed by atoms with E-state index in [0.29, 0.717) is 17.6 Å². The molecule has 3 rings (SSSR count). The molecule has 0 saturated carbocycles. The van der Waals surface area contributed by atoms with Crippen molar-refractivity contribution < 1.29 is 14.0 Å². The van der Waals surface area contributed by atoms with Crippen LogP contribution in [0.3, 0.4) is 0 Å². The summed E-state index contributed by atoms with van der Waals surface area (Å²) in [6, 6.07) is 10.7. The highest BCUT2D eigenvalue weighted by Crippen LogP contribution is 2.27. The van der Waals surface area contributed by atoms with Crippen LogP contribution >= 0.6 is 0 Å². The van der Waals surface area contributed by atoms with Crippen molar-refractivity contribution in [1.82, 2.24) is 4.90 Å². The molecule has 1 aliphatic heterocycles. The van der Waals surface area contributed by atoms with Crippen LogP contribution < -0.4 is 0 Å². The minimum atomic E-state index is 0.0298. The van der Waals surface area contributed by atoms with Crippen LogP contribution in [0, 0.1) is 0 Å². The molecule has 1 aromatic heterocycles. The van der Waals surface area contributed by atoms with E-state index >= 15 is 0 Å². The van der Waals surface area contributed by atoms with Crippen molar-refractivity contribution in [3.05, 3.63) is 47.7 Å². The number of hydrogen-bond acceptors (Lipinski definition) is 3. The van der Waals surface area contributed by atoms with Crippen molar-refractivity contribution in [3.63, 3.8) is 0 Å².